The van der Waals surface area contributed by atoms with Gasteiger partial charge < -0.3 is 14.0 Å². The second-order valence-electron chi connectivity index (χ2n) is 10.2. The highest BCUT2D eigenvalue weighted by Crippen LogP contribution is 2.45. The van der Waals surface area contributed by atoms with Gasteiger partial charge in [-0.3, -0.25) is 0 Å². The zero-order valence-electron chi connectivity index (χ0n) is 19.3. The van der Waals surface area contributed by atoms with E-state index in [1.54, 1.807) is 0 Å². The summed E-state index contributed by atoms with van der Waals surface area (Å²) in [5.41, 5.74) is 0. The molecular formula is C27H36O3Si. The summed E-state index contributed by atoms with van der Waals surface area (Å²) in [6.07, 6.45) is 5.24. The molecule has 2 fully saturated rings. The lowest BCUT2D eigenvalue weighted by atomic mass is 9.97. The van der Waals surface area contributed by atoms with Crippen LogP contribution < -0.4 is 10.4 Å². The average molecular weight is 437 g/mol. The van der Waals surface area contributed by atoms with E-state index in [4.69, 9.17) is 9.16 Å². The van der Waals surface area contributed by atoms with Crippen LogP contribution >= 0.6 is 0 Å². The molecule has 2 aliphatic rings. The van der Waals surface area contributed by atoms with Crippen molar-refractivity contribution in [1.82, 2.24) is 0 Å². The predicted molar refractivity (Wildman–Crippen MR) is 128 cm³/mol. The Kier molecular flexibility index (Phi) is 6.52. The summed E-state index contributed by atoms with van der Waals surface area (Å²) < 4.78 is 13.9. The molecule has 166 valence electrons. The molecule has 1 saturated carbocycles. The number of carbonyl (C=O) groups excluding carboxylic acids is 1. The Morgan fingerprint density at radius 2 is 1.61 bits per heavy atom. The first-order valence-electron chi connectivity index (χ1n) is 11.8. The number of ether oxygens (including phenoxy) is 1. The summed E-state index contributed by atoms with van der Waals surface area (Å²) in [7, 11) is -2.61. The van der Waals surface area contributed by atoms with Crippen LogP contribution in [0.3, 0.4) is 0 Å². The zero-order chi connectivity index (χ0) is 22.1. The summed E-state index contributed by atoms with van der Waals surface area (Å²) in [5, 5.41) is 2.55. The fourth-order valence-electron chi connectivity index (χ4n) is 5.83. The third-order valence-corrected chi connectivity index (χ3v) is 12.4. The van der Waals surface area contributed by atoms with E-state index in [-0.39, 0.29) is 29.3 Å². The second-order valence-corrected chi connectivity index (χ2v) is 14.5. The lowest BCUT2D eigenvalue weighted by Gasteiger charge is -2.46. The van der Waals surface area contributed by atoms with Gasteiger partial charge in [-0.15, -0.1) is 0 Å². The Bertz CT molecular complexity index is 822. The fraction of sp³-hybridized carbons (Fsp3) is 0.519. The van der Waals surface area contributed by atoms with Crippen LogP contribution in [-0.2, 0) is 14.0 Å². The van der Waals surface area contributed by atoms with Gasteiger partial charge in [-0.25, -0.2) is 0 Å². The standard InChI is InChI=1S/C27H36O3Si/c1-5-24(25-18-20-16-17-21(19-28)26(20)29-25)30-31(27(2,3)4,22-12-8-6-9-13-22)23-14-10-7-11-15-23/h6-15,19-21,24-26H,5,16-18H2,1-4H3/t20-,21-,24-,25+,26+/m0/s1. The molecule has 3 nitrogen and oxygen atoms in total. The molecule has 31 heavy (non-hydrogen) atoms. The van der Waals surface area contributed by atoms with Crippen molar-refractivity contribution in [3.05, 3.63) is 60.7 Å². The van der Waals surface area contributed by atoms with Crippen molar-refractivity contribution >= 4 is 25.0 Å². The lowest BCUT2D eigenvalue weighted by Crippen LogP contribution is -2.68. The third kappa shape index (κ3) is 4.06. The number of hydrogen-bond acceptors (Lipinski definition) is 3. The Morgan fingerprint density at radius 3 is 2.10 bits per heavy atom. The molecule has 1 saturated heterocycles. The van der Waals surface area contributed by atoms with E-state index in [0.717, 1.165) is 32.0 Å². The Morgan fingerprint density at radius 1 is 1.03 bits per heavy atom. The molecule has 2 aromatic rings. The van der Waals surface area contributed by atoms with E-state index in [1.165, 1.54) is 10.4 Å². The van der Waals surface area contributed by atoms with Crippen molar-refractivity contribution in [2.75, 3.05) is 0 Å². The molecule has 0 aromatic heterocycles. The van der Waals surface area contributed by atoms with E-state index < -0.39 is 8.32 Å². The number of fused-ring (bicyclic) bond motifs is 1. The molecule has 5 atom stereocenters. The van der Waals surface area contributed by atoms with Gasteiger partial charge in [0.2, 0.25) is 0 Å². The van der Waals surface area contributed by atoms with Gasteiger partial charge in [0.05, 0.1) is 18.3 Å². The summed E-state index contributed by atoms with van der Waals surface area (Å²) in [6, 6.07) is 21.6. The third-order valence-electron chi connectivity index (χ3n) is 7.36. The maximum absolute atomic E-state index is 11.5. The number of carbonyl (C=O) groups is 1. The van der Waals surface area contributed by atoms with Gasteiger partial charge >= 0.3 is 0 Å². The molecule has 4 heteroatoms. The van der Waals surface area contributed by atoms with Gasteiger partial charge in [-0.2, -0.15) is 0 Å². The zero-order valence-corrected chi connectivity index (χ0v) is 20.3. The average Bonchev–Trinajstić information content (AvgIpc) is 3.36. The summed E-state index contributed by atoms with van der Waals surface area (Å²) >= 11 is 0. The number of rotatable bonds is 7. The van der Waals surface area contributed by atoms with E-state index in [2.05, 4.69) is 88.4 Å². The summed E-state index contributed by atoms with van der Waals surface area (Å²) in [4.78, 5) is 11.5. The molecule has 0 N–H and O–H groups in total. The highest BCUT2D eigenvalue weighted by Gasteiger charge is 2.54. The highest BCUT2D eigenvalue weighted by atomic mass is 28.4. The van der Waals surface area contributed by atoms with E-state index in [9.17, 15) is 4.79 Å². The minimum atomic E-state index is -2.61. The van der Waals surface area contributed by atoms with E-state index in [0.29, 0.717) is 5.92 Å². The largest absolute Gasteiger partial charge is 0.402 e. The van der Waals surface area contributed by atoms with Crippen LogP contribution in [0.25, 0.3) is 0 Å². The molecule has 1 heterocycles. The predicted octanol–water partition coefficient (Wildman–Crippen LogP) is 4.72. The minimum Gasteiger partial charge on any atom is -0.402 e. The normalized spacial score (nSPS) is 27.1. The van der Waals surface area contributed by atoms with Crippen LogP contribution in [0.2, 0.25) is 5.04 Å². The van der Waals surface area contributed by atoms with Gasteiger partial charge in [-0.05, 0) is 47.0 Å². The SMILES string of the molecule is CC[C@H](O[Si](c1ccccc1)(c1ccccc1)C(C)(C)C)[C@H]1C[C@@H]2CC[C@@H](C=O)[C@@H]2O1. The molecule has 1 aliphatic carbocycles. The summed E-state index contributed by atoms with van der Waals surface area (Å²) in [5.74, 6) is 0.553. The highest BCUT2D eigenvalue weighted by molar-refractivity contribution is 6.99. The fourth-order valence-corrected chi connectivity index (χ4v) is 10.6. The molecule has 0 amide bonds. The molecule has 0 spiro atoms. The molecule has 2 aromatic carbocycles. The molecule has 0 bridgehead atoms. The molecule has 0 unspecified atom stereocenters. The van der Waals surface area contributed by atoms with Crippen LogP contribution in [0.5, 0.6) is 0 Å². The smallest absolute Gasteiger partial charge is 0.261 e. The van der Waals surface area contributed by atoms with Crippen LogP contribution in [-0.4, -0.2) is 32.9 Å². The van der Waals surface area contributed by atoms with Crippen molar-refractivity contribution in [3.63, 3.8) is 0 Å². The van der Waals surface area contributed by atoms with Crippen LogP contribution in [0, 0.1) is 11.8 Å². The monoisotopic (exact) mass is 436 g/mol. The Labute approximate surface area is 188 Å². The second kappa shape index (κ2) is 9.01. The van der Waals surface area contributed by atoms with E-state index in [1.807, 2.05) is 0 Å². The first-order chi connectivity index (χ1) is 14.9. The topological polar surface area (TPSA) is 35.5 Å². The Balaban J connectivity index is 1.73. The van der Waals surface area contributed by atoms with Crippen LogP contribution in [0.15, 0.2) is 60.7 Å². The van der Waals surface area contributed by atoms with Crippen LogP contribution in [0.4, 0.5) is 0 Å². The number of hydrogen-bond donors (Lipinski definition) is 0. The molecule has 4 rings (SSSR count). The van der Waals surface area contributed by atoms with Gasteiger partial charge in [0.15, 0.2) is 0 Å². The molecule has 0 radical (unpaired) electrons. The maximum atomic E-state index is 11.5. The number of aldehydes is 1. The first-order valence-corrected chi connectivity index (χ1v) is 13.7. The first kappa shape index (κ1) is 22.4. The van der Waals surface area contributed by atoms with Crippen molar-refractivity contribution in [2.24, 2.45) is 11.8 Å². The van der Waals surface area contributed by atoms with Crippen LogP contribution in [0.1, 0.15) is 53.4 Å². The van der Waals surface area contributed by atoms with Crippen molar-refractivity contribution in [1.29, 1.82) is 0 Å². The quantitative estimate of drug-likeness (QED) is 0.465. The van der Waals surface area contributed by atoms with Crippen molar-refractivity contribution in [3.8, 4) is 0 Å². The van der Waals surface area contributed by atoms with Crippen molar-refractivity contribution < 1.29 is 14.0 Å². The van der Waals surface area contributed by atoms with Gasteiger partial charge in [0.1, 0.15) is 6.29 Å². The summed E-state index contributed by atoms with van der Waals surface area (Å²) in [6.45, 7) is 9.16. The lowest BCUT2D eigenvalue weighted by molar-refractivity contribution is -0.116. The molecule has 1 aliphatic heterocycles. The minimum absolute atomic E-state index is 0.0178. The molecular weight excluding hydrogens is 400 g/mol. The van der Waals surface area contributed by atoms with Gasteiger partial charge in [0.25, 0.3) is 8.32 Å². The maximum Gasteiger partial charge on any atom is 0.261 e. The Hall–Kier alpha value is -1.75. The van der Waals surface area contributed by atoms with E-state index >= 15 is 0 Å². The van der Waals surface area contributed by atoms with Gasteiger partial charge in [-0.1, -0.05) is 88.4 Å². The van der Waals surface area contributed by atoms with Crippen molar-refractivity contribution in [2.45, 2.75) is 76.7 Å². The van der Waals surface area contributed by atoms with Gasteiger partial charge in [0, 0.05) is 5.92 Å². The number of benzene rings is 2.